The predicted molar refractivity (Wildman–Crippen MR) is 120 cm³/mol. The van der Waals surface area contributed by atoms with E-state index in [-0.39, 0.29) is 5.97 Å². The fraction of sp³-hybridized carbons (Fsp3) is 0.174. The summed E-state index contributed by atoms with van der Waals surface area (Å²) in [5, 5.41) is 5.74. The first-order chi connectivity index (χ1) is 14.1. The molecule has 1 N–H and O–H groups in total. The molecule has 0 spiro atoms. The van der Waals surface area contributed by atoms with Crippen molar-refractivity contribution in [3.63, 3.8) is 0 Å². The Kier molecular flexibility index (Phi) is 5.81. The largest absolute Gasteiger partial charge is 0.476 e. The standard InChI is InChI=1S/C23H22NO3PS/c1-2-26-23(25)22-21(19-15-9-10-16-20(19)27-22)24-28(29,17-11-5-3-6-12-17)18-13-7-4-8-14-18/h3-16,21-22H,2H2,1H3,(H,24,29)/t21-,22-/m1/s1. The molecule has 0 saturated heterocycles. The monoisotopic (exact) mass is 423 g/mol. The number of carbonyl (C=O) groups excluding carboxylic acids is 1. The van der Waals surface area contributed by atoms with E-state index in [1.54, 1.807) is 6.92 Å². The molecule has 0 fully saturated rings. The lowest BCUT2D eigenvalue weighted by atomic mass is 10.1. The molecule has 3 aromatic carbocycles. The summed E-state index contributed by atoms with van der Waals surface area (Å²) in [6.07, 6.45) is -3.21. The number of hydrogen-bond donors (Lipinski definition) is 1. The molecule has 0 unspecified atom stereocenters. The zero-order chi connectivity index (χ0) is 20.3. The number of fused-ring (bicyclic) bond motifs is 1. The Labute approximate surface area is 175 Å². The topological polar surface area (TPSA) is 47.6 Å². The third kappa shape index (κ3) is 3.86. The second-order valence-electron chi connectivity index (χ2n) is 6.72. The number of benzene rings is 3. The highest BCUT2D eigenvalue weighted by atomic mass is 32.4. The molecular formula is C23H22NO3PS. The van der Waals surface area contributed by atoms with Gasteiger partial charge in [0.25, 0.3) is 0 Å². The van der Waals surface area contributed by atoms with Crippen LogP contribution in [0, 0.1) is 0 Å². The summed E-state index contributed by atoms with van der Waals surface area (Å²) in [6.45, 7) is 2.09. The van der Waals surface area contributed by atoms with Gasteiger partial charge in [-0.2, -0.15) is 0 Å². The van der Waals surface area contributed by atoms with Gasteiger partial charge in [-0.25, -0.2) is 4.79 Å². The van der Waals surface area contributed by atoms with E-state index < -0.39 is 18.3 Å². The Bertz CT molecular complexity index is 999. The summed E-state index contributed by atoms with van der Waals surface area (Å²) in [6, 6.07) is 27.4. The van der Waals surface area contributed by atoms with Gasteiger partial charge in [-0.3, -0.25) is 5.09 Å². The quantitative estimate of drug-likeness (QED) is 0.484. The van der Waals surface area contributed by atoms with Crippen molar-refractivity contribution in [2.45, 2.75) is 19.1 Å². The maximum Gasteiger partial charge on any atom is 0.349 e. The predicted octanol–water partition coefficient (Wildman–Crippen LogP) is 3.69. The molecule has 6 heteroatoms. The van der Waals surface area contributed by atoms with Crippen molar-refractivity contribution in [3.05, 3.63) is 90.5 Å². The SMILES string of the molecule is CCOC(=O)[C@@H]1Oc2ccccc2[C@H]1NP(=S)(c1ccccc1)c1ccccc1. The van der Waals surface area contributed by atoms with Crippen molar-refractivity contribution in [1.29, 1.82) is 0 Å². The molecule has 1 heterocycles. The third-order valence-electron chi connectivity index (χ3n) is 4.89. The summed E-state index contributed by atoms with van der Waals surface area (Å²) < 4.78 is 11.3. The van der Waals surface area contributed by atoms with Crippen molar-refractivity contribution in [2.24, 2.45) is 0 Å². The van der Waals surface area contributed by atoms with Gasteiger partial charge in [0.15, 0.2) is 0 Å². The summed E-state index contributed by atoms with van der Waals surface area (Å²) in [5.74, 6) is 0.301. The molecule has 3 aromatic rings. The van der Waals surface area contributed by atoms with Crippen LogP contribution in [0.4, 0.5) is 0 Å². The number of ether oxygens (including phenoxy) is 2. The fourth-order valence-electron chi connectivity index (χ4n) is 3.53. The van der Waals surface area contributed by atoms with Crippen LogP contribution in [0.5, 0.6) is 5.75 Å². The van der Waals surface area contributed by atoms with Gasteiger partial charge in [0.2, 0.25) is 6.10 Å². The number of rotatable bonds is 6. The first-order valence-electron chi connectivity index (χ1n) is 9.55. The fourth-order valence-corrected chi connectivity index (χ4v) is 7.05. The Morgan fingerprint density at radius 1 is 0.966 bits per heavy atom. The first-order valence-corrected chi connectivity index (χ1v) is 12.3. The van der Waals surface area contributed by atoms with Gasteiger partial charge < -0.3 is 9.47 Å². The Balaban J connectivity index is 1.80. The molecular weight excluding hydrogens is 401 g/mol. The van der Waals surface area contributed by atoms with Crippen molar-refractivity contribution < 1.29 is 14.3 Å². The van der Waals surface area contributed by atoms with Crippen LogP contribution in [0.15, 0.2) is 84.9 Å². The number of para-hydroxylation sites is 1. The van der Waals surface area contributed by atoms with E-state index >= 15 is 0 Å². The van der Waals surface area contributed by atoms with Gasteiger partial charge in [0.1, 0.15) is 5.75 Å². The highest BCUT2D eigenvalue weighted by Crippen LogP contribution is 2.47. The molecule has 29 heavy (non-hydrogen) atoms. The van der Waals surface area contributed by atoms with Crippen LogP contribution >= 0.6 is 6.19 Å². The molecule has 0 radical (unpaired) electrons. The minimum Gasteiger partial charge on any atom is -0.476 e. The average Bonchev–Trinajstić information content (AvgIpc) is 3.13. The molecule has 0 saturated carbocycles. The number of esters is 1. The summed E-state index contributed by atoms with van der Waals surface area (Å²) >= 11 is 6.30. The number of hydrogen-bond acceptors (Lipinski definition) is 4. The highest BCUT2D eigenvalue weighted by Gasteiger charge is 2.43. The smallest absolute Gasteiger partial charge is 0.349 e. The van der Waals surface area contributed by atoms with E-state index in [1.165, 1.54) is 0 Å². The van der Waals surface area contributed by atoms with Gasteiger partial charge in [0.05, 0.1) is 18.8 Å². The Morgan fingerprint density at radius 3 is 2.10 bits per heavy atom. The lowest BCUT2D eigenvalue weighted by Crippen LogP contribution is -2.40. The molecule has 148 valence electrons. The lowest BCUT2D eigenvalue weighted by Gasteiger charge is -2.30. The van der Waals surface area contributed by atoms with Crippen LogP contribution in [0.3, 0.4) is 0 Å². The average molecular weight is 423 g/mol. The number of carbonyl (C=O) groups is 1. The highest BCUT2D eigenvalue weighted by molar-refractivity contribution is 8.20. The minimum absolute atomic E-state index is 0.299. The summed E-state index contributed by atoms with van der Waals surface area (Å²) in [4.78, 5) is 12.7. The van der Waals surface area contributed by atoms with E-state index in [9.17, 15) is 4.79 Å². The zero-order valence-corrected chi connectivity index (χ0v) is 17.7. The van der Waals surface area contributed by atoms with Crippen LogP contribution in [-0.2, 0) is 21.3 Å². The van der Waals surface area contributed by atoms with Gasteiger partial charge in [-0.05, 0) is 13.0 Å². The van der Waals surface area contributed by atoms with E-state index in [1.807, 2.05) is 84.9 Å². The van der Waals surface area contributed by atoms with Gasteiger partial charge >= 0.3 is 5.97 Å². The van der Waals surface area contributed by atoms with Crippen LogP contribution in [0.2, 0.25) is 0 Å². The molecule has 0 aliphatic carbocycles. The maximum absolute atomic E-state index is 12.7. The van der Waals surface area contributed by atoms with E-state index in [0.29, 0.717) is 12.4 Å². The van der Waals surface area contributed by atoms with Crippen molar-refractivity contribution in [2.75, 3.05) is 6.61 Å². The minimum atomic E-state index is -2.43. The molecule has 0 bridgehead atoms. The lowest BCUT2D eigenvalue weighted by molar-refractivity contribution is -0.151. The van der Waals surface area contributed by atoms with Crippen molar-refractivity contribution in [3.8, 4) is 5.75 Å². The van der Waals surface area contributed by atoms with Crippen LogP contribution in [0.25, 0.3) is 0 Å². The van der Waals surface area contributed by atoms with E-state index in [2.05, 4.69) is 5.09 Å². The van der Waals surface area contributed by atoms with Gasteiger partial charge in [0, 0.05) is 16.2 Å². The molecule has 1 aliphatic rings. The summed E-state index contributed by atoms with van der Waals surface area (Å²) in [5.41, 5.74) is 0.923. The van der Waals surface area contributed by atoms with Gasteiger partial charge in [-0.1, -0.05) is 90.7 Å². The molecule has 4 rings (SSSR count). The summed E-state index contributed by atoms with van der Waals surface area (Å²) in [7, 11) is 0. The second-order valence-corrected chi connectivity index (χ2v) is 10.9. The van der Waals surface area contributed by atoms with Crippen LogP contribution in [-0.4, -0.2) is 18.7 Å². The maximum atomic E-state index is 12.7. The van der Waals surface area contributed by atoms with Gasteiger partial charge in [-0.15, -0.1) is 0 Å². The Morgan fingerprint density at radius 2 is 1.52 bits per heavy atom. The van der Waals surface area contributed by atoms with Crippen molar-refractivity contribution >= 4 is 34.6 Å². The molecule has 1 aliphatic heterocycles. The van der Waals surface area contributed by atoms with E-state index in [4.69, 9.17) is 21.3 Å². The molecule has 2 atom stereocenters. The second kappa shape index (κ2) is 8.50. The van der Waals surface area contributed by atoms with E-state index in [0.717, 1.165) is 16.2 Å². The normalized spacial score (nSPS) is 18.0. The number of nitrogens with one attached hydrogen (secondary N) is 1. The Hall–Kier alpha value is -2.46. The van der Waals surface area contributed by atoms with Crippen molar-refractivity contribution in [1.82, 2.24) is 5.09 Å². The third-order valence-corrected chi connectivity index (χ3v) is 9.16. The molecule has 0 aromatic heterocycles. The van der Waals surface area contributed by atoms with Crippen LogP contribution < -0.4 is 20.4 Å². The first kappa shape index (κ1) is 19.8. The van der Waals surface area contributed by atoms with Crippen LogP contribution in [0.1, 0.15) is 18.5 Å². The molecule has 0 amide bonds. The zero-order valence-electron chi connectivity index (χ0n) is 16.0. The molecule has 4 nitrogen and oxygen atoms in total.